The molecule has 10 heteroatoms. The number of aliphatic hydroxyl groups excluding tert-OH is 3. The Morgan fingerprint density at radius 3 is 2.36 bits per heavy atom. The highest BCUT2D eigenvalue weighted by Gasteiger charge is 2.48. The molecule has 2 fully saturated rings. The number of benzene rings is 2. The van der Waals surface area contributed by atoms with Gasteiger partial charge in [-0.25, -0.2) is 4.98 Å². The largest absolute Gasteiger partial charge is 0.456 e. The number of nitrogens with zero attached hydrogens (tertiary/aromatic N) is 2. The number of rotatable bonds is 6. The second-order valence-electron chi connectivity index (χ2n) is 8.95. The van der Waals surface area contributed by atoms with Crippen molar-refractivity contribution in [1.29, 1.82) is 0 Å². The first-order chi connectivity index (χ1) is 17.5. The van der Waals surface area contributed by atoms with Crippen LogP contribution in [0.5, 0.6) is 6.01 Å². The number of aromatic nitrogens is 3. The molecule has 0 spiro atoms. The van der Waals surface area contributed by atoms with Crippen molar-refractivity contribution in [3.8, 4) is 28.4 Å². The highest BCUT2D eigenvalue weighted by atomic mass is 35.5. The van der Waals surface area contributed by atoms with Gasteiger partial charge in [-0.15, -0.1) is 0 Å². The van der Waals surface area contributed by atoms with Gasteiger partial charge < -0.3 is 34.5 Å². The zero-order valence-electron chi connectivity index (χ0n) is 19.0. The summed E-state index contributed by atoms with van der Waals surface area (Å²) < 4.78 is 17.2. The lowest BCUT2D eigenvalue weighted by Crippen LogP contribution is -2.34. The first-order valence-electron chi connectivity index (χ1n) is 11.6. The fourth-order valence-electron chi connectivity index (χ4n) is 4.67. The molecule has 0 bridgehead atoms. The number of fused-ring (bicyclic) bond motifs is 2. The summed E-state index contributed by atoms with van der Waals surface area (Å²) in [6.07, 6.45) is -2.63. The van der Waals surface area contributed by atoms with Crippen molar-refractivity contribution in [2.75, 3.05) is 19.8 Å². The highest BCUT2D eigenvalue weighted by molar-refractivity contribution is 6.33. The van der Waals surface area contributed by atoms with Gasteiger partial charge in [-0.2, -0.15) is 4.98 Å². The third-order valence-electron chi connectivity index (χ3n) is 6.61. The van der Waals surface area contributed by atoms with Crippen molar-refractivity contribution in [3.63, 3.8) is 0 Å². The number of aliphatic hydroxyl groups is 3. The van der Waals surface area contributed by atoms with E-state index in [1.54, 1.807) is 18.2 Å². The SMILES string of the molecule is OCC(O)c1ccc(-c2ccc(-c3nc4nc(O[C@@H]5CO[C@H]6[C@@H]5OC[C@H]6O)[nH]c4cc3Cl)cc2)cc1. The standard InChI is InChI=1S/C26H24ClN3O6/c27-17-9-18-25(30-26(28-18)36-21-12-35-23-20(33)11-34-24(21)23)29-22(17)16-7-3-14(4-8-16)13-1-5-15(6-2-13)19(32)10-31/h1-9,19-21,23-24,31-33H,10-12H2,(H,28,29,30)/t19?,20-,21-,23-,24-/m1/s1. The Kier molecular flexibility index (Phi) is 6.12. The Morgan fingerprint density at radius 1 is 0.972 bits per heavy atom. The van der Waals surface area contributed by atoms with Gasteiger partial charge in [0.05, 0.1) is 36.1 Å². The number of H-pyrrole nitrogens is 1. The van der Waals surface area contributed by atoms with E-state index < -0.39 is 12.2 Å². The van der Waals surface area contributed by atoms with Gasteiger partial charge in [-0.05, 0) is 22.8 Å². The van der Waals surface area contributed by atoms with Gasteiger partial charge in [-0.3, -0.25) is 0 Å². The van der Waals surface area contributed by atoms with Crippen molar-refractivity contribution >= 4 is 22.8 Å². The molecule has 0 amide bonds. The molecule has 186 valence electrons. The van der Waals surface area contributed by atoms with Gasteiger partial charge in [0.15, 0.2) is 11.8 Å². The molecule has 6 rings (SSSR count). The summed E-state index contributed by atoms with van der Waals surface area (Å²) in [5, 5.41) is 29.3. The van der Waals surface area contributed by atoms with Crippen LogP contribution in [0.15, 0.2) is 54.6 Å². The molecule has 4 N–H and O–H groups in total. The minimum atomic E-state index is -0.884. The number of halogens is 1. The summed E-state index contributed by atoms with van der Waals surface area (Å²) >= 11 is 6.56. The first-order valence-corrected chi connectivity index (χ1v) is 12.0. The molecule has 4 aromatic rings. The van der Waals surface area contributed by atoms with Gasteiger partial charge in [0.1, 0.15) is 24.4 Å². The number of aromatic amines is 1. The summed E-state index contributed by atoms with van der Waals surface area (Å²) in [5.41, 5.74) is 5.19. The molecule has 0 radical (unpaired) electrons. The number of imidazole rings is 1. The summed E-state index contributed by atoms with van der Waals surface area (Å²) in [7, 11) is 0. The van der Waals surface area contributed by atoms with E-state index in [-0.39, 0.29) is 37.5 Å². The summed E-state index contributed by atoms with van der Waals surface area (Å²) in [4.78, 5) is 12.2. The Morgan fingerprint density at radius 2 is 1.64 bits per heavy atom. The minimum absolute atomic E-state index is 0.229. The Bertz CT molecular complexity index is 1380. The van der Waals surface area contributed by atoms with Crippen molar-refractivity contribution in [3.05, 3.63) is 65.2 Å². The minimum Gasteiger partial charge on any atom is -0.456 e. The summed E-state index contributed by atoms with van der Waals surface area (Å²) in [5.74, 6) is 0. The zero-order valence-corrected chi connectivity index (χ0v) is 19.8. The van der Waals surface area contributed by atoms with Crippen molar-refractivity contribution in [2.45, 2.75) is 30.5 Å². The molecule has 0 aliphatic carbocycles. The van der Waals surface area contributed by atoms with E-state index in [9.17, 15) is 10.2 Å². The molecule has 4 heterocycles. The van der Waals surface area contributed by atoms with Gasteiger partial charge in [0.25, 0.3) is 6.01 Å². The van der Waals surface area contributed by atoms with E-state index in [4.69, 9.17) is 30.9 Å². The molecule has 2 aliphatic rings. The lowest BCUT2D eigenvalue weighted by molar-refractivity contribution is 0.00706. The number of nitrogens with one attached hydrogen (secondary N) is 1. The third kappa shape index (κ3) is 4.24. The van der Waals surface area contributed by atoms with Crippen LogP contribution < -0.4 is 4.74 Å². The summed E-state index contributed by atoms with van der Waals surface area (Å²) in [6, 6.07) is 17.3. The predicted molar refractivity (Wildman–Crippen MR) is 132 cm³/mol. The van der Waals surface area contributed by atoms with Gasteiger partial charge in [0, 0.05) is 5.56 Å². The number of pyridine rings is 1. The maximum absolute atomic E-state index is 9.92. The van der Waals surface area contributed by atoms with E-state index in [2.05, 4.69) is 15.0 Å². The second-order valence-corrected chi connectivity index (χ2v) is 9.36. The normalized spacial score (nSPS) is 24.2. The fourth-order valence-corrected chi connectivity index (χ4v) is 4.93. The topological polar surface area (TPSA) is 130 Å². The van der Waals surface area contributed by atoms with Crippen molar-refractivity contribution in [2.24, 2.45) is 0 Å². The molecule has 9 nitrogen and oxygen atoms in total. The molecule has 1 unspecified atom stereocenters. The Balaban J connectivity index is 1.22. The Labute approximate surface area is 211 Å². The monoisotopic (exact) mass is 509 g/mol. The third-order valence-corrected chi connectivity index (χ3v) is 6.90. The average molecular weight is 510 g/mol. The molecular weight excluding hydrogens is 486 g/mol. The quantitative estimate of drug-likeness (QED) is 0.312. The van der Waals surface area contributed by atoms with Crippen LogP contribution in [0, 0.1) is 0 Å². The second kappa shape index (κ2) is 9.44. The lowest BCUT2D eigenvalue weighted by atomic mass is 10.00. The molecule has 2 saturated heterocycles. The first kappa shape index (κ1) is 23.4. The van der Waals surface area contributed by atoms with Gasteiger partial charge >= 0.3 is 0 Å². The maximum Gasteiger partial charge on any atom is 0.296 e. The summed E-state index contributed by atoms with van der Waals surface area (Å²) in [6.45, 7) is 0.219. The van der Waals surface area contributed by atoms with Crippen molar-refractivity contribution in [1.82, 2.24) is 15.0 Å². The van der Waals surface area contributed by atoms with E-state index in [0.717, 1.165) is 16.7 Å². The molecule has 2 aromatic heterocycles. The van der Waals surface area contributed by atoms with Crippen LogP contribution in [0.1, 0.15) is 11.7 Å². The van der Waals surface area contributed by atoms with Gasteiger partial charge in [0.2, 0.25) is 0 Å². The van der Waals surface area contributed by atoms with Crippen LogP contribution >= 0.6 is 11.6 Å². The zero-order chi connectivity index (χ0) is 24.8. The Hall–Kier alpha value is -3.05. The predicted octanol–water partition coefficient (Wildman–Crippen LogP) is 2.88. The molecule has 5 atom stereocenters. The molecule has 2 aliphatic heterocycles. The van der Waals surface area contributed by atoms with Crippen LogP contribution in [0.25, 0.3) is 33.5 Å². The molecule has 36 heavy (non-hydrogen) atoms. The van der Waals surface area contributed by atoms with Gasteiger partial charge in [-0.1, -0.05) is 60.1 Å². The average Bonchev–Trinajstić information content (AvgIpc) is 3.60. The highest BCUT2D eigenvalue weighted by Crippen LogP contribution is 2.33. The number of ether oxygens (including phenoxy) is 3. The molecule has 0 saturated carbocycles. The molecule has 2 aromatic carbocycles. The fraction of sp³-hybridized carbons (Fsp3) is 0.308. The van der Waals surface area contributed by atoms with E-state index in [1.807, 2.05) is 36.4 Å². The molecular formula is C26H24ClN3O6. The lowest BCUT2D eigenvalue weighted by Gasteiger charge is -2.15. The number of hydrogen-bond acceptors (Lipinski definition) is 8. The smallest absolute Gasteiger partial charge is 0.296 e. The van der Waals surface area contributed by atoms with E-state index in [0.29, 0.717) is 34.1 Å². The van der Waals surface area contributed by atoms with Crippen LogP contribution in [-0.2, 0) is 9.47 Å². The van der Waals surface area contributed by atoms with E-state index >= 15 is 0 Å². The van der Waals surface area contributed by atoms with Crippen LogP contribution in [0.4, 0.5) is 0 Å². The van der Waals surface area contributed by atoms with Crippen LogP contribution in [0.3, 0.4) is 0 Å². The van der Waals surface area contributed by atoms with Crippen molar-refractivity contribution < 1.29 is 29.5 Å². The maximum atomic E-state index is 9.92. The van der Waals surface area contributed by atoms with Crippen LogP contribution in [0.2, 0.25) is 5.02 Å². The number of hydrogen-bond donors (Lipinski definition) is 4. The van der Waals surface area contributed by atoms with Crippen LogP contribution in [-0.4, -0.2) is 74.5 Å². The van der Waals surface area contributed by atoms with E-state index in [1.165, 1.54) is 0 Å².